The van der Waals surface area contributed by atoms with Crippen molar-refractivity contribution < 1.29 is 9.59 Å². The third kappa shape index (κ3) is 6.00. The molecule has 1 saturated carbocycles. The summed E-state index contributed by atoms with van der Waals surface area (Å²) in [5.41, 5.74) is 1.72. The largest absolute Gasteiger partial charge is 0.353 e. The van der Waals surface area contributed by atoms with Crippen LogP contribution in [0.2, 0.25) is 5.02 Å². The lowest BCUT2D eigenvalue weighted by Crippen LogP contribution is -2.45. The zero-order valence-corrected chi connectivity index (χ0v) is 17.9. The van der Waals surface area contributed by atoms with Crippen LogP contribution in [0.15, 0.2) is 42.6 Å². The lowest BCUT2D eigenvalue weighted by atomic mass is 10.3. The number of halogens is 1. The Kier molecular flexibility index (Phi) is 7.20. The molecule has 7 heteroatoms. The molecule has 1 N–H and O–H groups in total. The second-order valence-corrected chi connectivity index (χ2v) is 8.02. The molecular formula is C22H29ClN4O2. The third-order valence-corrected chi connectivity index (χ3v) is 5.40. The normalized spacial score (nSPS) is 13.2. The second-order valence-electron chi connectivity index (χ2n) is 7.58. The number of hydrogen-bond acceptors (Lipinski definition) is 2. The highest BCUT2D eigenvalue weighted by atomic mass is 35.5. The number of hydrogen-bond donors (Lipinski definition) is 1. The van der Waals surface area contributed by atoms with Gasteiger partial charge in [0.05, 0.1) is 6.54 Å². The Morgan fingerprint density at radius 2 is 2.03 bits per heavy atom. The van der Waals surface area contributed by atoms with Gasteiger partial charge in [0.15, 0.2) is 0 Å². The molecule has 0 aliphatic heterocycles. The van der Waals surface area contributed by atoms with Crippen LogP contribution in [0.1, 0.15) is 38.3 Å². The molecule has 0 saturated heterocycles. The van der Waals surface area contributed by atoms with E-state index < -0.39 is 0 Å². The SMILES string of the molecule is CCCCN(CC(=O)N(Cc1cccn1C)C1CC1)C(=O)Nc1cccc(Cl)c1. The number of carbonyl (C=O) groups excluding carboxylic acids is 2. The Hall–Kier alpha value is -2.47. The summed E-state index contributed by atoms with van der Waals surface area (Å²) in [6.07, 6.45) is 5.83. The fourth-order valence-corrected chi connectivity index (χ4v) is 3.46. The molecule has 156 valence electrons. The van der Waals surface area contributed by atoms with Gasteiger partial charge < -0.3 is 19.7 Å². The minimum absolute atomic E-state index is 0.00829. The molecule has 2 aromatic rings. The van der Waals surface area contributed by atoms with Crippen molar-refractivity contribution in [1.29, 1.82) is 0 Å². The van der Waals surface area contributed by atoms with Gasteiger partial charge in [-0.25, -0.2) is 4.79 Å². The van der Waals surface area contributed by atoms with E-state index in [9.17, 15) is 9.59 Å². The van der Waals surface area contributed by atoms with Crippen LogP contribution < -0.4 is 5.32 Å². The highest BCUT2D eigenvalue weighted by Gasteiger charge is 2.34. The second kappa shape index (κ2) is 9.83. The molecule has 29 heavy (non-hydrogen) atoms. The Morgan fingerprint density at radius 3 is 2.66 bits per heavy atom. The highest BCUT2D eigenvalue weighted by Crippen LogP contribution is 2.28. The molecule has 0 atom stereocenters. The quantitative estimate of drug-likeness (QED) is 0.654. The number of anilines is 1. The molecule has 0 radical (unpaired) electrons. The van der Waals surface area contributed by atoms with E-state index in [0.717, 1.165) is 31.4 Å². The predicted molar refractivity (Wildman–Crippen MR) is 116 cm³/mol. The van der Waals surface area contributed by atoms with Crippen molar-refractivity contribution >= 4 is 29.2 Å². The number of aromatic nitrogens is 1. The van der Waals surface area contributed by atoms with Gasteiger partial charge in [-0.3, -0.25) is 4.79 Å². The number of carbonyl (C=O) groups is 2. The van der Waals surface area contributed by atoms with E-state index in [1.807, 2.05) is 34.8 Å². The van der Waals surface area contributed by atoms with Gasteiger partial charge in [-0.05, 0) is 49.6 Å². The van der Waals surface area contributed by atoms with Crippen molar-refractivity contribution in [2.24, 2.45) is 7.05 Å². The Morgan fingerprint density at radius 1 is 1.24 bits per heavy atom. The zero-order chi connectivity index (χ0) is 20.8. The minimum Gasteiger partial charge on any atom is -0.353 e. The van der Waals surface area contributed by atoms with Gasteiger partial charge in [-0.15, -0.1) is 0 Å². The first-order valence-corrected chi connectivity index (χ1v) is 10.6. The fourth-order valence-electron chi connectivity index (χ4n) is 3.27. The average Bonchev–Trinajstić information content (AvgIpc) is 3.45. The van der Waals surface area contributed by atoms with Crippen LogP contribution >= 0.6 is 11.6 Å². The van der Waals surface area contributed by atoms with Crippen molar-refractivity contribution in [2.75, 3.05) is 18.4 Å². The Bertz CT molecular complexity index is 847. The first-order chi connectivity index (χ1) is 14.0. The Balaban J connectivity index is 1.67. The number of urea groups is 1. The van der Waals surface area contributed by atoms with Gasteiger partial charge in [0.1, 0.15) is 6.54 Å². The molecule has 3 amide bonds. The Labute approximate surface area is 177 Å². The maximum atomic E-state index is 13.1. The summed E-state index contributed by atoms with van der Waals surface area (Å²) in [6, 6.07) is 11.0. The van der Waals surface area contributed by atoms with Crippen LogP contribution in [0.3, 0.4) is 0 Å². The molecule has 0 bridgehead atoms. The van der Waals surface area contributed by atoms with Crippen molar-refractivity contribution in [3.63, 3.8) is 0 Å². The number of aryl methyl sites for hydroxylation is 1. The molecule has 1 aliphatic carbocycles. The first-order valence-electron chi connectivity index (χ1n) is 10.2. The monoisotopic (exact) mass is 416 g/mol. The molecule has 1 fully saturated rings. The van der Waals surface area contributed by atoms with Crippen LogP contribution in [-0.4, -0.2) is 45.4 Å². The number of nitrogens with zero attached hydrogens (tertiary/aromatic N) is 3. The molecule has 3 rings (SSSR count). The number of unbranched alkanes of at least 4 members (excludes halogenated alkanes) is 1. The van der Waals surface area contributed by atoms with Gasteiger partial charge in [0.25, 0.3) is 0 Å². The number of nitrogens with one attached hydrogen (secondary N) is 1. The van der Waals surface area contributed by atoms with Crippen molar-refractivity contribution in [1.82, 2.24) is 14.4 Å². The van der Waals surface area contributed by atoms with E-state index in [1.54, 1.807) is 29.2 Å². The fraction of sp³-hybridized carbons (Fsp3) is 0.455. The van der Waals surface area contributed by atoms with Gasteiger partial charge in [-0.2, -0.15) is 0 Å². The van der Waals surface area contributed by atoms with Crippen LogP contribution in [-0.2, 0) is 18.4 Å². The van der Waals surface area contributed by atoms with Gasteiger partial charge >= 0.3 is 6.03 Å². The van der Waals surface area contributed by atoms with Crippen LogP contribution in [0.25, 0.3) is 0 Å². The first kappa shape index (κ1) is 21.2. The summed E-state index contributed by atoms with van der Waals surface area (Å²) in [7, 11) is 1.98. The molecule has 0 unspecified atom stereocenters. The predicted octanol–water partition coefficient (Wildman–Crippen LogP) is 4.50. The van der Waals surface area contributed by atoms with E-state index >= 15 is 0 Å². The van der Waals surface area contributed by atoms with E-state index in [4.69, 9.17) is 11.6 Å². The molecule has 0 spiro atoms. The maximum Gasteiger partial charge on any atom is 0.322 e. The molecule has 1 aromatic heterocycles. The highest BCUT2D eigenvalue weighted by molar-refractivity contribution is 6.30. The van der Waals surface area contributed by atoms with E-state index in [1.165, 1.54) is 0 Å². The standard InChI is InChI=1S/C22H29ClN4O2/c1-3-4-13-26(22(29)24-18-8-5-7-17(23)14-18)16-21(28)27(19-10-11-19)15-20-9-6-12-25(20)2/h5-9,12,14,19H,3-4,10-11,13,15-16H2,1-2H3,(H,24,29). The lowest BCUT2D eigenvalue weighted by Gasteiger charge is -2.28. The summed E-state index contributed by atoms with van der Waals surface area (Å²) in [5.74, 6) is -0.00829. The summed E-state index contributed by atoms with van der Waals surface area (Å²) in [5, 5.41) is 3.42. The van der Waals surface area contributed by atoms with Crippen molar-refractivity contribution in [3.8, 4) is 0 Å². The summed E-state index contributed by atoms with van der Waals surface area (Å²) >= 11 is 6.01. The average molecular weight is 417 g/mol. The zero-order valence-electron chi connectivity index (χ0n) is 17.1. The van der Waals surface area contributed by atoms with E-state index in [0.29, 0.717) is 23.8 Å². The van der Waals surface area contributed by atoms with Gasteiger partial charge in [0, 0.05) is 42.2 Å². The van der Waals surface area contributed by atoms with Crippen molar-refractivity contribution in [3.05, 3.63) is 53.3 Å². The molecule has 1 aromatic carbocycles. The molecule has 6 nitrogen and oxygen atoms in total. The van der Waals surface area contributed by atoms with Crippen LogP contribution in [0.5, 0.6) is 0 Å². The maximum absolute atomic E-state index is 13.1. The van der Waals surface area contributed by atoms with Gasteiger partial charge in [0.2, 0.25) is 5.91 Å². The van der Waals surface area contributed by atoms with E-state index in [-0.39, 0.29) is 24.5 Å². The van der Waals surface area contributed by atoms with Gasteiger partial charge in [-0.1, -0.05) is 31.0 Å². The minimum atomic E-state index is -0.274. The third-order valence-electron chi connectivity index (χ3n) is 5.16. The number of amides is 3. The van der Waals surface area contributed by atoms with Crippen LogP contribution in [0, 0.1) is 0 Å². The number of rotatable bonds is 9. The molecular weight excluding hydrogens is 388 g/mol. The van der Waals surface area contributed by atoms with E-state index in [2.05, 4.69) is 12.2 Å². The smallest absolute Gasteiger partial charge is 0.322 e. The summed E-state index contributed by atoms with van der Waals surface area (Å²) < 4.78 is 2.03. The van der Waals surface area contributed by atoms with Crippen molar-refractivity contribution in [2.45, 2.75) is 45.2 Å². The molecule has 1 aliphatic rings. The topological polar surface area (TPSA) is 57.6 Å². The lowest BCUT2D eigenvalue weighted by molar-refractivity contribution is -0.133. The molecule has 1 heterocycles. The number of benzene rings is 1. The van der Waals surface area contributed by atoms with Crippen LogP contribution in [0.4, 0.5) is 10.5 Å². The summed E-state index contributed by atoms with van der Waals surface area (Å²) in [4.78, 5) is 29.5. The summed E-state index contributed by atoms with van der Waals surface area (Å²) in [6.45, 7) is 3.26.